The van der Waals surface area contributed by atoms with E-state index in [0.717, 1.165) is 13.0 Å². The van der Waals surface area contributed by atoms with Crippen molar-refractivity contribution in [1.82, 2.24) is 9.80 Å². The highest BCUT2D eigenvalue weighted by molar-refractivity contribution is 6.32. The third-order valence-corrected chi connectivity index (χ3v) is 9.34. The molecular weight excluding hydrogens is 509 g/mol. The molecule has 0 bridgehead atoms. The fourth-order valence-electron chi connectivity index (χ4n) is 7.65. The molecule has 3 fully saturated rings. The number of carbonyl (C=O) groups is 5. The number of carbonyl (C=O) groups excluding carboxylic acids is 5. The molecule has 4 N–H and O–H groups in total. The Morgan fingerprint density at radius 3 is 2.46 bits per heavy atom. The van der Waals surface area contributed by atoms with Crippen LogP contribution < -0.4 is 5.73 Å². The number of aliphatic hydroxyl groups is 1. The van der Waals surface area contributed by atoms with Crippen LogP contribution in [0.25, 0.3) is 0 Å². The number of amides is 1. The van der Waals surface area contributed by atoms with Gasteiger partial charge in [-0.25, -0.2) is 4.39 Å². The van der Waals surface area contributed by atoms with Crippen molar-refractivity contribution in [2.24, 2.45) is 29.4 Å². The Balaban J connectivity index is 1.61. The summed E-state index contributed by atoms with van der Waals surface area (Å²) in [6.45, 7) is 4.79. The molecule has 1 aromatic carbocycles. The van der Waals surface area contributed by atoms with Gasteiger partial charge in [0.2, 0.25) is 5.91 Å². The quantitative estimate of drug-likeness (QED) is 0.461. The van der Waals surface area contributed by atoms with E-state index in [0.29, 0.717) is 12.0 Å². The number of halogens is 1. The van der Waals surface area contributed by atoms with E-state index in [9.17, 15) is 34.2 Å². The van der Waals surface area contributed by atoms with Crippen molar-refractivity contribution in [3.63, 3.8) is 0 Å². The van der Waals surface area contributed by atoms with E-state index in [1.165, 1.54) is 25.1 Å². The van der Waals surface area contributed by atoms with Crippen molar-refractivity contribution in [1.29, 1.82) is 0 Å². The molecule has 3 aliphatic carbocycles. The fraction of sp³-hybridized carbons (Fsp3) is 0.607. The number of likely N-dealkylation sites (tertiary alicyclic amines) is 1. The van der Waals surface area contributed by atoms with Crippen molar-refractivity contribution in [3.05, 3.63) is 28.6 Å². The summed E-state index contributed by atoms with van der Waals surface area (Å²) in [6.07, 6.45) is 1.35. The van der Waals surface area contributed by atoms with Gasteiger partial charge < -0.3 is 15.9 Å². The monoisotopic (exact) mass is 543 g/mol. The summed E-state index contributed by atoms with van der Waals surface area (Å²) in [7, 11) is 3.03. The number of primary amides is 1. The lowest BCUT2D eigenvalue weighted by molar-refractivity contribution is -0.181. The van der Waals surface area contributed by atoms with Gasteiger partial charge in [0.1, 0.15) is 11.6 Å². The number of phenolic OH excluding ortho intramolecular Hbond substituents is 1. The molecule has 5 rings (SSSR count). The Bertz CT molecular complexity index is 1310. The fourth-order valence-corrected chi connectivity index (χ4v) is 7.65. The molecule has 10 nitrogen and oxygen atoms in total. The van der Waals surface area contributed by atoms with Crippen LogP contribution in [-0.4, -0.2) is 87.4 Å². The predicted octanol–water partition coefficient (Wildman–Crippen LogP) is 0.551. The zero-order chi connectivity index (χ0) is 28.7. The van der Waals surface area contributed by atoms with Crippen LogP contribution in [0.5, 0.6) is 5.75 Å². The lowest BCUT2D eigenvalue weighted by Crippen LogP contribution is -2.74. The SMILES string of the molecule is CC(C)N1CCCC1c1cc(O)c2c(c1F)CC1CC3C(N(C)C)C(=O)C(C(N)=O)C(=O)C3(O)C(=O)C1C2=O. The summed E-state index contributed by atoms with van der Waals surface area (Å²) in [5.74, 6) is -12.1. The van der Waals surface area contributed by atoms with E-state index in [1.807, 2.05) is 13.8 Å². The molecule has 7 unspecified atom stereocenters. The molecule has 4 aliphatic rings. The lowest BCUT2D eigenvalue weighted by atomic mass is 9.52. The maximum absolute atomic E-state index is 16.1. The largest absolute Gasteiger partial charge is 0.507 e. The van der Waals surface area contributed by atoms with Gasteiger partial charge in [0.25, 0.3) is 0 Å². The topological polar surface area (TPSA) is 158 Å². The number of Topliss-reactive ketones (excluding diaryl/α,β-unsaturated/α-hetero) is 4. The summed E-state index contributed by atoms with van der Waals surface area (Å²) < 4.78 is 16.1. The van der Waals surface area contributed by atoms with Gasteiger partial charge in [-0.05, 0) is 72.2 Å². The van der Waals surface area contributed by atoms with Gasteiger partial charge in [-0.2, -0.15) is 0 Å². The van der Waals surface area contributed by atoms with Crippen LogP contribution in [0.2, 0.25) is 0 Å². The molecule has 0 aromatic heterocycles. The van der Waals surface area contributed by atoms with Gasteiger partial charge in [0.15, 0.2) is 34.7 Å². The Hall–Kier alpha value is -3.02. The molecule has 1 heterocycles. The highest BCUT2D eigenvalue weighted by Crippen LogP contribution is 2.51. The van der Waals surface area contributed by atoms with Crippen molar-refractivity contribution in [2.45, 2.75) is 63.3 Å². The number of hydrogen-bond donors (Lipinski definition) is 3. The maximum Gasteiger partial charge on any atom is 0.235 e. The van der Waals surface area contributed by atoms with Crippen molar-refractivity contribution in [3.8, 4) is 5.75 Å². The molecule has 7 atom stereocenters. The first-order valence-corrected chi connectivity index (χ1v) is 13.4. The molecule has 2 saturated carbocycles. The molecule has 1 amide bonds. The molecule has 39 heavy (non-hydrogen) atoms. The minimum atomic E-state index is -2.80. The number of nitrogens with zero attached hydrogens (tertiary/aromatic N) is 2. The van der Waals surface area contributed by atoms with Crippen LogP contribution in [0.1, 0.15) is 60.6 Å². The van der Waals surface area contributed by atoms with E-state index < -0.39 is 75.9 Å². The Kier molecular flexibility index (Phi) is 6.55. The zero-order valence-electron chi connectivity index (χ0n) is 22.4. The third kappa shape index (κ3) is 3.73. The molecule has 1 saturated heterocycles. The second kappa shape index (κ2) is 9.28. The molecule has 1 aliphatic heterocycles. The number of phenols is 1. The minimum absolute atomic E-state index is 0.00924. The minimum Gasteiger partial charge on any atom is -0.507 e. The first-order valence-electron chi connectivity index (χ1n) is 13.4. The molecular formula is C28H34FN3O7. The number of likely N-dealkylation sites (N-methyl/N-ethyl adjacent to an activating group) is 1. The van der Waals surface area contributed by atoms with Crippen LogP contribution in [0.4, 0.5) is 4.39 Å². The number of hydrogen-bond acceptors (Lipinski definition) is 9. The van der Waals surface area contributed by atoms with Gasteiger partial charge in [-0.15, -0.1) is 0 Å². The van der Waals surface area contributed by atoms with E-state index in [2.05, 4.69) is 4.90 Å². The van der Waals surface area contributed by atoms with Gasteiger partial charge >= 0.3 is 0 Å². The molecule has 1 aromatic rings. The second-order valence-corrected chi connectivity index (χ2v) is 11.9. The Morgan fingerprint density at radius 1 is 1.21 bits per heavy atom. The molecule has 0 radical (unpaired) electrons. The maximum atomic E-state index is 16.1. The van der Waals surface area contributed by atoms with Crippen LogP contribution in [0, 0.1) is 29.5 Å². The summed E-state index contributed by atoms with van der Waals surface area (Å²) >= 11 is 0. The summed E-state index contributed by atoms with van der Waals surface area (Å²) in [5.41, 5.74) is 2.50. The van der Waals surface area contributed by atoms with Crippen LogP contribution >= 0.6 is 0 Å². The molecule has 11 heteroatoms. The van der Waals surface area contributed by atoms with Crippen LogP contribution in [-0.2, 0) is 25.6 Å². The van der Waals surface area contributed by atoms with E-state index in [1.54, 1.807) is 0 Å². The van der Waals surface area contributed by atoms with E-state index in [4.69, 9.17) is 5.73 Å². The number of aromatic hydroxyl groups is 1. The Labute approximate surface area is 225 Å². The van der Waals surface area contributed by atoms with Gasteiger partial charge in [0, 0.05) is 29.1 Å². The van der Waals surface area contributed by atoms with Crippen LogP contribution in [0.15, 0.2) is 6.07 Å². The number of nitrogens with two attached hydrogens (primary N) is 1. The lowest BCUT2D eigenvalue weighted by Gasteiger charge is -2.52. The summed E-state index contributed by atoms with van der Waals surface area (Å²) in [4.78, 5) is 69.6. The third-order valence-electron chi connectivity index (χ3n) is 9.34. The van der Waals surface area contributed by atoms with Gasteiger partial charge in [0.05, 0.1) is 17.5 Å². The molecule has 210 valence electrons. The van der Waals surface area contributed by atoms with E-state index >= 15 is 4.39 Å². The Morgan fingerprint density at radius 2 is 1.87 bits per heavy atom. The van der Waals surface area contributed by atoms with Crippen molar-refractivity contribution in [2.75, 3.05) is 20.6 Å². The van der Waals surface area contributed by atoms with Gasteiger partial charge in [-0.1, -0.05) is 0 Å². The summed E-state index contributed by atoms with van der Waals surface area (Å²) in [6, 6.07) is -0.0832. The number of rotatable bonds is 4. The van der Waals surface area contributed by atoms with Crippen LogP contribution in [0.3, 0.4) is 0 Å². The average molecular weight is 544 g/mol. The summed E-state index contributed by atoms with van der Waals surface area (Å²) in [5, 5.41) is 22.5. The standard InChI is InChI=1S/C28H34FN3O7/c1-11(2)32-7-5-6-16(32)13-10-17(33)19-14(21(13)29)8-12-9-15-22(31(3)4)24(35)20(27(30)38)26(37)28(15,39)25(36)18(12)23(19)34/h10-12,15-16,18,20,22,33,39H,5-9H2,1-4H3,(H2,30,38). The normalized spacial score (nSPS) is 34.9. The predicted molar refractivity (Wildman–Crippen MR) is 135 cm³/mol. The van der Waals surface area contributed by atoms with Gasteiger partial charge in [-0.3, -0.25) is 33.8 Å². The highest BCUT2D eigenvalue weighted by atomic mass is 19.1. The molecule has 0 spiro atoms. The number of fused-ring (bicyclic) bond motifs is 3. The highest BCUT2D eigenvalue weighted by Gasteiger charge is 2.69. The van der Waals surface area contributed by atoms with Crippen molar-refractivity contribution >= 4 is 29.0 Å². The van der Waals surface area contributed by atoms with Crippen molar-refractivity contribution < 1.29 is 38.6 Å². The van der Waals surface area contributed by atoms with E-state index in [-0.39, 0.29) is 36.1 Å². The number of benzene rings is 1. The average Bonchev–Trinajstić information content (AvgIpc) is 3.33. The smallest absolute Gasteiger partial charge is 0.235 e. The first kappa shape index (κ1) is 27.5. The number of ketones is 4. The second-order valence-electron chi connectivity index (χ2n) is 11.9. The zero-order valence-corrected chi connectivity index (χ0v) is 22.4. The first-order chi connectivity index (χ1) is 18.2.